The van der Waals surface area contributed by atoms with Crippen LogP contribution in [-0.2, 0) is 25.7 Å². The first-order chi connectivity index (χ1) is 24.9. The van der Waals surface area contributed by atoms with Gasteiger partial charge < -0.3 is 15.9 Å². The van der Waals surface area contributed by atoms with Gasteiger partial charge in [-0.05, 0) is 175 Å². The van der Waals surface area contributed by atoms with Crippen LogP contribution in [0, 0.1) is 74.9 Å². The van der Waals surface area contributed by atoms with E-state index in [9.17, 15) is 10.2 Å². The Hall–Kier alpha value is -2.65. The van der Waals surface area contributed by atoms with E-state index in [1.807, 2.05) is 12.4 Å². The molecule has 10 nitrogen and oxygen atoms in total. The predicted octanol–water partition coefficient (Wildman–Crippen LogP) is 8.23. The Morgan fingerprint density at radius 3 is 1.92 bits per heavy atom. The number of aliphatic hydroxyl groups excluding tert-OH is 2. The summed E-state index contributed by atoms with van der Waals surface area (Å²) in [5.41, 5.74) is 22.6. The van der Waals surface area contributed by atoms with Crippen molar-refractivity contribution < 1.29 is 10.2 Å². The van der Waals surface area contributed by atoms with Crippen LogP contribution in [0.5, 0.6) is 0 Å². The highest BCUT2D eigenvalue weighted by molar-refractivity contribution is 5.27. The molecule has 6 N–H and O–H groups in total. The molecule has 0 bridgehead atoms. The van der Waals surface area contributed by atoms with Gasteiger partial charge in [-0.1, -0.05) is 59.3 Å². The summed E-state index contributed by atoms with van der Waals surface area (Å²) < 4.78 is 0. The lowest BCUT2D eigenvalue weighted by Crippen LogP contribution is -2.53. The maximum Gasteiger partial charge on any atom is 0.0522 e. The third-order valence-electron chi connectivity index (χ3n) is 17.6. The van der Waals surface area contributed by atoms with Crippen molar-refractivity contribution in [3.05, 3.63) is 57.5 Å². The van der Waals surface area contributed by atoms with Gasteiger partial charge >= 0.3 is 0 Å². The molecule has 10 heteroatoms. The van der Waals surface area contributed by atoms with Crippen molar-refractivity contribution in [2.45, 2.75) is 119 Å². The average molecular weight is 731 g/mol. The van der Waals surface area contributed by atoms with Crippen LogP contribution in [0.25, 0.3) is 10.4 Å². The molecule has 8 rings (SSSR count). The molecule has 0 aromatic carbocycles. The van der Waals surface area contributed by atoms with Gasteiger partial charge in [0, 0.05) is 36.1 Å². The highest BCUT2D eigenvalue weighted by Crippen LogP contribution is 2.64. The summed E-state index contributed by atoms with van der Waals surface area (Å²) in [7, 11) is 0. The smallest absolute Gasteiger partial charge is 0.0522 e. The van der Waals surface area contributed by atoms with Gasteiger partial charge in [0.2, 0.25) is 0 Å². The Morgan fingerprint density at radius 2 is 1.38 bits per heavy atom. The van der Waals surface area contributed by atoms with Gasteiger partial charge in [0.05, 0.1) is 12.4 Å². The molecule has 13 atom stereocenters. The number of aromatic nitrogens is 4. The second-order valence-electron chi connectivity index (χ2n) is 19.3. The fraction of sp³-hybridized carbons (Fsp3) is 0.814. The standard InChI is InChI=1S/C21H31N5O.C21H35N3O.CH4/c1-13-4-5-17-16(11-24-26-22)18(6-7-20(13,17)2)21(3)9-14-10-23-25-19(14)8-15(21)12-27;1-13-4-5-17-16(10-22)18(6-7-20(13,17)2)21(3)9-14-11-23-24-19(14)8-15(21)12-25;/h10,15-18,27H,1,4-9,11-12H2,2-3H3,(H,23,25);11,13,15-18,25H,4-10,12,22H2,1-3H3,(H,23,24);1H4/t15-,16+,17+,18+,20-,21+;13-,15+,16-,17-,18-,20+,21-;/m10./s1. The Morgan fingerprint density at radius 1 is 0.830 bits per heavy atom. The zero-order chi connectivity index (χ0) is 37.1. The zero-order valence-corrected chi connectivity index (χ0v) is 32.6. The monoisotopic (exact) mass is 731 g/mol. The summed E-state index contributed by atoms with van der Waals surface area (Å²) in [6.45, 7) is 18.3. The molecule has 4 fully saturated rings. The molecule has 0 aliphatic heterocycles. The number of fused-ring (bicyclic) bond motifs is 4. The van der Waals surface area contributed by atoms with Crippen molar-refractivity contribution in [2.75, 3.05) is 26.3 Å². The molecule has 2 aromatic heterocycles. The molecular weight excluding hydrogens is 661 g/mol. The van der Waals surface area contributed by atoms with E-state index in [2.05, 4.69) is 71.6 Å². The van der Waals surface area contributed by atoms with E-state index in [0.717, 1.165) is 69.7 Å². The summed E-state index contributed by atoms with van der Waals surface area (Å²) in [6, 6.07) is 0. The van der Waals surface area contributed by atoms with Crippen molar-refractivity contribution in [1.82, 2.24) is 20.4 Å². The average Bonchev–Trinajstić information content (AvgIpc) is 3.92. The Labute approximate surface area is 318 Å². The lowest BCUT2D eigenvalue weighted by molar-refractivity contribution is -0.0689. The molecule has 0 spiro atoms. The Bertz CT molecular complexity index is 1650. The fourth-order valence-corrected chi connectivity index (χ4v) is 13.9. The third-order valence-corrected chi connectivity index (χ3v) is 17.6. The quantitative estimate of drug-likeness (QED) is 0.0834. The normalized spacial score (nSPS) is 42.9. The summed E-state index contributed by atoms with van der Waals surface area (Å²) >= 11 is 0. The minimum Gasteiger partial charge on any atom is -0.396 e. The Kier molecular flexibility index (Phi) is 11.4. The maximum atomic E-state index is 10.2. The number of nitrogens with zero attached hydrogens (tertiary/aromatic N) is 5. The number of hydrogen-bond acceptors (Lipinski definition) is 6. The molecule has 0 saturated heterocycles. The van der Waals surface area contributed by atoms with E-state index < -0.39 is 0 Å². The molecule has 6 aliphatic rings. The van der Waals surface area contributed by atoms with Crippen LogP contribution in [-0.4, -0.2) is 56.9 Å². The van der Waals surface area contributed by atoms with Gasteiger partial charge in [-0.2, -0.15) is 10.2 Å². The second kappa shape index (κ2) is 15.1. The molecule has 294 valence electrons. The summed E-state index contributed by atoms with van der Waals surface area (Å²) in [6.07, 6.45) is 17.5. The van der Waals surface area contributed by atoms with Gasteiger partial charge in [0.25, 0.3) is 0 Å². The molecule has 6 aliphatic carbocycles. The molecular formula is C43H70N8O2. The van der Waals surface area contributed by atoms with E-state index >= 15 is 0 Å². The minimum atomic E-state index is -0.00742. The SMILES string of the molecule is C.C=C1CC[C@H]2[C@H](CN=[N+]=[N-])[C@@H]([C@@]3(C)Cc4cn[nH]c4C[C@@H]3CO)CC[C@]12C.C[C@H]1CC[C@H]2[C@H](CN)[C@@H]([C@@]3(C)Cc4cn[nH]c4C[C@@H]3CO)CC[C@]12C. The largest absolute Gasteiger partial charge is 0.396 e. The van der Waals surface area contributed by atoms with Gasteiger partial charge in [0.15, 0.2) is 0 Å². The number of nitrogens with one attached hydrogen (secondary N) is 2. The van der Waals surface area contributed by atoms with Crippen molar-refractivity contribution in [2.24, 2.45) is 85.8 Å². The number of aliphatic hydroxyl groups is 2. The van der Waals surface area contributed by atoms with Crippen LogP contribution < -0.4 is 5.73 Å². The molecule has 2 heterocycles. The van der Waals surface area contributed by atoms with Crippen LogP contribution >= 0.6 is 0 Å². The Balaban J connectivity index is 0.000000178. The second-order valence-corrected chi connectivity index (χ2v) is 19.3. The summed E-state index contributed by atoms with van der Waals surface area (Å²) in [5.74, 6) is 4.61. The van der Waals surface area contributed by atoms with E-state index in [-0.39, 0.29) is 42.8 Å². The first kappa shape index (κ1) is 40.0. The van der Waals surface area contributed by atoms with E-state index in [0.29, 0.717) is 47.5 Å². The first-order valence-corrected chi connectivity index (χ1v) is 20.5. The third kappa shape index (κ3) is 6.41. The molecule has 4 saturated carbocycles. The van der Waals surface area contributed by atoms with Gasteiger partial charge in [-0.25, -0.2) is 0 Å². The predicted molar refractivity (Wildman–Crippen MR) is 212 cm³/mol. The van der Waals surface area contributed by atoms with Crippen LogP contribution in [0.2, 0.25) is 0 Å². The molecule has 0 unspecified atom stereocenters. The number of H-pyrrole nitrogens is 2. The van der Waals surface area contributed by atoms with Crippen molar-refractivity contribution in [3.63, 3.8) is 0 Å². The lowest BCUT2D eigenvalue weighted by atomic mass is 9.49. The summed E-state index contributed by atoms with van der Waals surface area (Å²) in [4.78, 5) is 3.09. The van der Waals surface area contributed by atoms with Gasteiger partial charge in [0.1, 0.15) is 0 Å². The number of azide groups is 1. The highest BCUT2D eigenvalue weighted by Gasteiger charge is 2.58. The van der Waals surface area contributed by atoms with Crippen LogP contribution in [0.4, 0.5) is 0 Å². The molecule has 53 heavy (non-hydrogen) atoms. The number of allylic oxidation sites excluding steroid dienone is 1. The van der Waals surface area contributed by atoms with E-state index in [1.165, 1.54) is 53.8 Å². The van der Waals surface area contributed by atoms with Crippen molar-refractivity contribution >= 4 is 0 Å². The topological polar surface area (TPSA) is 173 Å². The number of hydrogen-bond donors (Lipinski definition) is 5. The highest BCUT2D eigenvalue weighted by atomic mass is 16.3. The molecule has 0 radical (unpaired) electrons. The van der Waals surface area contributed by atoms with Crippen molar-refractivity contribution in [1.29, 1.82) is 0 Å². The van der Waals surface area contributed by atoms with Gasteiger partial charge in [-0.15, -0.1) is 0 Å². The molecule has 2 aromatic rings. The molecule has 0 amide bonds. The van der Waals surface area contributed by atoms with Crippen LogP contribution in [0.1, 0.15) is 116 Å². The zero-order valence-electron chi connectivity index (χ0n) is 32.6. The fourth-order valence-electron chi connectivity index (χ4n) is 13.9. The van der Waals surface area contributed by atoms with Crippen LogP contribution in [0.15, 0.2) is 29.7 Å². The van der Waals surface area contributed by atoms with Crippen molar-refractivity contribution in [3.8, 4) is 0 Å². The van der Waals surface area contributed by atoms with E-state index in [4.69, 9.17) is 11.3 Å². The first-order valence-electron chi connectivity index (χ1n) is 20.5. The maximum absolute atomic E-state index is 10.2. The minimum absolute atomic E-state index is 0. The lowest BCUT2D eigenvalue weighted by Gasteiger charge is -2.56. The number of nitrogens with two attached hydrogens (primary N) is 1. The van der Waals surface area contributed by atoms with Crippen LogP contribution in [0.3, 0.4) is 0 Å². The van der Waals surface area contributed by atoms with E-state index in [1.54, 1.807) is 0 Å². The number of rotatable bonds is 7. The van der Waals surface area contributed by atoms with Gasteiger partial charge in [-0.3, -0.25) is 10.2 Å². The number of aromatic amines is 2. The summed E-state index contributed by atoms with van der Waals surface area (Å²) in [5, 5.41) is 39.2.